The lowest BCUT2D eigenvalue weighted by molar-refractivity contribution is -0.309. The van der Waals surface area contributed by atoms with Crippen LogP contribution in [0.3, 0.4) is 0 Å². The SMILES string of the molecule is C[C@@H](C(=O)[O-])N1C(=O)/C(=C\c2ccccc2)SC1=S. The topological polar surface area (TPSA) is 60.4 Å². The molecular formula is C13H10NO3S2-. The summed E-state index contributed by atoms with van der Waals surface area (Å²) in [6.45, 7) is 1.38. The largest absolute Gasteiger partial charge is 0.548 e. The predicted octanol–water partition coefficient (Wildman–Crippen LogP) is 1.03. The van der Waals surface area contributed by atoms with Gasteiger partial charge < -0.3 is 9.90 Å². The van der Waals surface area contributed by atoms with E-state index in [1.807, 2.05) is 30.3 Å². The number of hydrogen-bond acceptors (Lipinski definition) is 5. The number of carbonyl (C=O) groups is 2. The van der Waals surface area contributed by atoms with Gasteiger partial charge in [0.25, 0.3) is 5.91 Å². The lowest BCUT2D eigenvalue weighted by atomic mass is 10.2. The second-order valence-electron chi connectivity index (χ2n) is 3.96. The van der Waals surface area contributed by atoms with Gasteiger partial charge in [0.15, 0.2) is 0 Å². The fraction of sp³-hybridized carbons (Fsp3) is 0.154. The van der Waals surface area contributed by atoms with Crippen LogP contribution < -0.4 is 5.11 Å². The zero-order valence-corrected chi connectivity index (χ0v) is 11.7. The standard InChI is InChI=1S/C13H11NO3S2/c1-8(12(16)17)14-11(15)10(19-13(14)18)7-9-5-3-2-4-6-9/h2-8H,1H3,(H,16,17)/p-1/b10-7+/t8-/m0/s1. The van der Waals surface area contributed by atoms with Crippen LogP contribution in [0.1, 0.15) is 12.5 Å². The molecule has 1 aliphatic rings. The number of hydrogen-bond donors (Lipinski definition) is 0. The molecule has 1 saturated heterocycles. The van der Waals surface area contributed by atoms with Crippen LogP contribution in [0.2, 0.25) is 0 Å². The highest BCUT2D eigenvalue weighted by atomic mass is 32.2. The van der Waals surface area contributed by atoms with Gasteiger partial charge in [0.1, 0.15) is 4.32 Å². The van der Waals surface area contributed by atoms with Crippen molar-refractivity contribution in [2.24, 2.45) is 0 Å². The molecule has 0 bridgehead atoms. The number of carbonyl (C=O) groups excluding carboxylic acids is 2. The van der Waals surface area contributed by atoms with Gasteiger partial charge in [0.05, 0.1) is 16.9 Å². The molecule has 1 heterocycles. The van der Waals surface area contributed by atoms with Crippen molar-refractivity contribution in [3.63, 3.8) is 0 Å². The maximum absolute atomic E-state index is 12.1. The Morgan fingerprint density at radius 1 is 1.42 bits per heavy atom. The number of carboxylic acids is 1. The molecule has 0 N–H and O–H groups in total. The Labute approximate surface area is 120 Å². The van der Waals surface area contributed by atoms with E-state index < -0.39 is 17.9 Å². The van der Waals surface area contributed by atoms with Crippen molar-refractivity contribution in [3.05, 3.63) is 40.8 Å². The van der Waals surface area contributed by atoms with E-state index in [0.29, 0.717) is 4.91 Å². The molecule has 6 heteroatoms. The van der Waals surface area contributed by atoms with Crippen molar-refractivity contribution in [1.82, 2.24) is 4.90 Å². The van der Waals surface area contributed by atoms with Gasteiger partial charge in [-0.3, -0.25) is 9.69 Å². The molecule has 1 fully saturated rings. The van der Waals surface area contributed by atoms with E-state index in [-0.39, 0.29) is 4.32 Å². The van der Waals surface area contributed by atoms with E-state index in [1.165, 1.54) is 6.92 Å². The van der Waals surface area contributed by atoms with Crippen LogP contribution in [0, 0.1) is 0 Å². The fourth-order valence-electron chi connectivity index (χ4n) is 1.62. The third-order valence-electron chi connectivity index (χ3n) is 2.65. The maximum Gasteiger partial charge on any atom is 0.266 e. The van der Waals surface area contributed by atoms with Crippen LogP contribution in [0.4, 0.5) is 0 Å². The smallest absolute Gasteiger partial charge is 0.266 e. The highest BCUT2D eigenvalue weighted by Crippen LogP contribution is 2.33. The highest BCUT2D eigenvalue weighted by molar-refractivity contribution is 8.26. The molecule has 0 unspecified atom stereocenters. The van der Waals surface area contributed by atoms with Crippen molar-refractivity contribution in [1.29, 1.82) is 0 Å². The Balaban J connectivity index is 2.28. The van der Waals surface area contributed by atoms with Crippen molar-refractivity contribution in [2.75, 3.05) is 0 Å². The Kier molecular flexibility index (Phi) is 4.01. The first-order chi connectivity index (χ1) is 9.00. The number of carboxylic acid groups (broad SMARTS) is 1. The molecular weight excluding hydrogens is 282 g/mol. The Bertz CT molecular complexity index is 569. The number of thioether (sulfide) groups is 1. The summed E-state index contributed by atoms with van der Waals surface area (Å²) >= 11 is 6.14. The fourth-order valence-corrected chi connectivity index (χ4v) is 3.04. The normalized spacial score (nSPS) is 19.0. The van der Waals surface area contributed by atoms with E-state index in [2.05, 4.69) is 0 Å². The molecule has 1 atom stereocenters. The van der Waals surface area contributed by atoms with Gasteiger partial charge in [-0.1, -0.05) is 54.3 Å². The number of nitrogens with zero attached hydrogens (tertiary/aromatic N) is 1. The van der Waals surface area contributed by atoms with Gasteiger partial charge in [0, 0.05) is 0 Å². The van der Waals surface area contributed by atoms with Crippen molar-refractivity contribution < 1.29 is 14.7 Å². The molecule has 0 aliphatic carbocycles. The first-order valence-electron chi connectivity index (χ1n) is 5.53. The number of aliphatic carboxylic acids is 1. The van der Waals surface area contributed by atoms with Crippen molar-refractivity contribution in [3.8, 4) is 0 Å². The molecule has 19 heavy (non-hydrogen) atoms. The summed E-state index contributed by atoms with van der Waals surface area (Å²) in [5.74, 6) is -1.71. The molecule has 0 spiro atoms. The number of rotatable bonds is 3. The molecule has 98 valence electrons. The van der Waals surface area contributed by atoms with Crippen molar-refractivity contribution in [2.45, 2.75) is 13.0 Å². The molecule has 1 aliphatic heterocycles. The summed E-state index contributed by atoms with van der Waals surface area (Å²) in [5, 5.41) is 10.8. The van der Waals surface area contributed by atoms with Gasteiger partial charge in [-0.25, -0.2) is 0 Å². The second kappa shape index (κ2) is 5.54. The summed E-state index contributed by atoms with van der Waals surface area (Å²) in [6.07, 6.45) is 1.70. The van der Waals surface area contributed by atoms with E-state index >= 15 is 0 Å². The van der Waals surface area contributed by atoms with E-state index in [9.17, 15) is 14.7 Å². The van der Waals surface area contributed by atoms with Crippen LogP contribution in [-0.2, 0) is 9.59 Å². The molecule has 2 rings (SSSR count). The van der Waals surface area contributed by atoms with Crippen LogP contribution in [-0.4, -0.2) is 27.1 Å². The minimum Gasteiger partial charge on any atom is -0.548 e. The average Bonchev–Trinajstić information content (AvgIpc) is 2.65. The van der Waals surface area contributed by atoms with Crippen LogP contribution in [0.25, 0.3) is 6.08 Å². The summed E-state index contributed by atoms with van der Waals surface area (Å²) in [5.41, 5.74) is 0.865. The first kappa shape index (κ1) is 13.8. The van der Waals surface area contributed by atoms with E-state index in [0.717, 1.165) is 22.2 Å². The van der Waals surface area contributed by atoms with Gasteiger partial charge >= 0.3 is 0 Å². The second-order valence-corrected chi connectivity index (χ2v) is 5.63. The number of thiocarbonyl (C=S) groups is 1. The van der Waals surface area contributed by atoms with Crippen LogP contribution in [0.5, 0.6) is 0 Å². The van der Waals surface area contributed by atoms with Gasteiger partial charge in [-0.15, -0.1) is 0 Å². The van der Waals surface area contributed by atoms with Gasteiger partial charge in [-0.2, -0.15) is 0 Å². The summed E-state index contributed by atoms with van der Waals surface area (Å²) < 4.78 is 0.240. The van der Waals surface area contributed by atoms with Gasteiger partial charge in [0.2, 0.25) is 0 Å². The first-order valence-corrected chi connectivity index (χ1v) is 6.76. The predicted molar refractivity (Wildman–Crippen MR) is 75.9 cm³/mol. The number of benzene rings is 1. The zero-order chi connectivity index (χ0) is 14.0. The minimum absolute atomic E-state index is 0.240. The molecule has 0 aromatic heterocycles. The molecule has 0 radical (unpaired) electrons. The molecule has 1 aromatic carbocycles. The summed E-state index contributed by atoms with van der Waals surface area (Å²) in [6, 6.07) is 8.24. The highest BCUT2D eigenvalue weighted by Gasteiger charge is 2.35. The summed E-state index contributed by atoms with van der Waals surface area (Å²) in [4.78, 5) is 24.5. The molecule has 1 aromatic rings. The van der Waals surface area contributed by atoms with Crippen molar-refractivity contribution >= 4 is 46.3 Å². The monoisotopic (exact) mass is 292 g/mol. The lowest BCUT2D eigenvalue weighted by Gasteiger charge is -2.23. The number of amides is 1. The summed E-state index contributed by atoms with van der Waals surface area (Å²) in [7, 11) is 0. The van der Waals surface area contributed by atoms with Gasteiger partial charge in [-0.05, 0) is 18.6 Å². The Morgan fingerprint density at radius 3 is 2.63 bits per heavy atom. The average molecular weight is 292 g/mol. The van der Waals surface area contributed by atoms with E-state index in [4.69, 9.17) is 12.2 Å². The molecule has 4 nitrogen and oxygen atoms in total. The molecule has 0 saturated carbocycles. The molecule has 1 amide bonds. The van der Waals surface area contributed by atoms with Crippen LogP contribution >= 0.6 is 24.0 Å². The quantitative estimate of drug-likeness (QED) is 0.615. The van der Waals surface area contributed by atoms with Crippen LogP contribution in [0.15, 0.2) is 35.2 Å². The zero-order valence-electron chi connectivity index (χ0n) is 10.0. The third kappa shape index (κ3) is 2.85. The Morgan fingerprint density at radius 2 is 2.05 bits per heavy atom. The third-order valence-corrected chi connectivity index (χ3v) is 3.98. The minimum atomic E-state index is -1.32. The lowest BCUT2D eigenvalue weighted by Crippen LogP contribution is -2.48. The van der Waals surface area contributed by atoms with E-state index in [1.54, 1.807) is 6.08 Å². The maximum atomic E-state index is 12.1. The Hall–Kier alpha value is -1.66.